The summed E-state index contributed by atoms with van der Waals surface area (Å²) in [6.45, 7) is 0.248. The second-order valence-corrected chi connectivity index (χ2v) is 5.91. The third kappa shape index (κ3) is 2.97. The smallest absolute Gasteiger partial charge is 0.308 e. The highest BCUT2D eigenvalue weighted by atomic mass is 16.5. The van der Waals surface area contributed by atoms with Gasteiger partial charge in [0.1, 0.15) is 23.3 Å². The summed E-state index contributed by atoms with van der Waals surface area (Å²) in [4.78, 5) is 28.5. The number of esters is 1. The van der Waals surface area contributed by atoms with Crippen molar-refractivity contribution in [3.8, 4) is 0 Å². The molecule has 0 aliphatic heterocycles. The molecule has 1 aromatic carbocycles. The van der Waals surface area contributed by atoms with Crippen LogP contribution in [0.15, 0.2) is 52.1 Å². The number of carbonyl (C=O) groups is 1. The fraction of sp³-hybridized carbons (Fsp3) is 0.222. The fourth-order valence-corrected chi connectivity index (χ4v) is 2.77. The molecule has 4 rings (SSSR count). The molecule has 0 N–H and O–H groups in total. The van der Waals surface area contributed by atoms with Gasteiger partial charge in [-0.3, -0.25) is 18.8 Å². The van der Waals surface area contributed by atoms with Crippen molar-refractivity contribution in [2.75, 3.05) is 0 Å². The van der Waals surface area contributed by atoms with Crippen LogP contribution in [-0.2, 0) is 29.7 Å². The Bertz CT molecular complexity index is 1120. The van der Waals surface area contributed by atoms with Gasteiger partial charge < -0.3 is 9.15 Å². The number of carbonyl (C=O) groups excluding carboxylic acids is 1. The maximum Gasteiger partial charge on any atom is 0.308 e. The second-order valence-electron chi connectivity index (χ2n) is 5.91. The Morgan fingerprint density at radius 3 is 3.00 bits per heavy atom. The molecule has 8 heteroatoms. The van der Waals surface area contributed by atoms with Gasteiger partial charge in [-0.05, 0) is 12.1 Å². The van der Waals surface area contributed by atoms with E-state index in [9.17, 15) is 9.59 Å². The van der Waals surface area contributed by atoms with E-state index >= 15 is 0 Å². The van der Waals surface area contributed by atoms with Gasteiger partial charge in [0.05, 0.1) is 18.9 Å². The molecule has 0 atom stereocenters. The molecule has 132 valence electrons. The lowest BCUT2D eigenvalue weighted by Gasteiger charge is -2.05. The predicted octanol–water partition coefficient (Wildman–Crippen LogP) is 2.01. The van der Waals surface area contributed by atoms with Gasteiger partial charge in [-0.25, -0.2) is 4.98 Å². The Morgan fingerprint density at radius 2 is 2.15 bits per heavy atom. The normalized spacial score (nSPS) is 11.3. The van der Waals surface area contributed by atoms with Gasteiger partial charge in [-0.15, -0.1) is 0 Å². The van der Waals surface area contributed by atoms with Crippen molar-refractivity contribution in [2.45, 2.75) is 19.6 Å². The maximum atomic E-state index is 12.3. The first-order valence-corrected chi connectivity index (χ1v) is 8.12. The molecule has 0 aliphatic carbocycles. The predicted molar refractivity (Wildman–Crippen MR) is 93.4 cm³/mol. The van der Waals surface area contributed by atoms with Crippen molar-refractivity contribution < 1.29 is 13.9 Å². The SMILES string of the molecule is Cn1ncc2c(=O)n(CCC(=O)OCc3cc4ccccc4o3)cnc21. The zero-order valence-electron chi connectivity index (χ0n) is 14.1. The highest BCUT2D eigenvalue weighted by molar-refractivity contribution is 5.77. The van der Waals surface area contributed by atoms with Gasteiger partial charge in [0.15, 0.2) is 5.65 Å². The Kier molecular flexibility index (Phi) is 4.00. The van der Waals surface area contributed by atoms with Crippen LogP contribution in [0.3, 0.4) is 0 Å². The van der Waals surface area contributed by atoms with Crippen LogP contribution >= 0.6 is 0 Å². The zero-order chi connectivity index (χ0) is 18.1. The Labute approximate surface area is 147 Å². The summed E-state index contributed by atoms with van der Waals surface area (Å²) in [5.41, 5.74) is 1.04. The summed E-state index contributed by atoms with van der Waals surface area (Å²) in [7, 11) is 1.72. The van der Waals surface area contributed by atoms with E-state index in [1.807, 2.05) is 30.3 Å². The number of hydrogen-bond donors (Lipinski definition) is 0. The van der Waals surface area contributed by atoms with E-state index in [1.165, 1.54) is 21.8 Å². The average molecular weight is 352 g/mol. The van der Waals surface area contributed by atoms with Crippen LogP contribution in [0, 0.1) is 0 Å². The molecule has 0 saturated carbocycles. The van der Waals surface area contributed by atoms with Crippen LogP contribution in [0.5, 0.6) is 0 Å². The van der Waals surface area contributed by atoms with E-state index < -0.39 is 5.97 Å². The van der Waals surface area contributed by atoms with E-state index in [0.717, 1.165) is 11.0 Å². The van der Waals surface area contributed by atoms with Crippen LogP contribution in [0.25, 0.3) is 22.0 Å². The molecule has 3 aromatic heterocycles. The number of hydrogen-bond acceptors (Lipinski definition) is 6. The van der Waals surface area contributed by atoms with Gasteiger partial charge in [-0.2, -0.15) is 5.10 Å². The van der Waals surface area contributed by atoms with Gasteiger partial charge >= 0.3 is 5.97 Å². The number of nitrogens with zero attached hydrogens (tertiary/aromatic N) is 4. The quantitative estimate of drug-likeness (QED) is 0.510. The lowest BCUT2D eigenvalue weighted by Crippen LogP contribution is -2.22. The molecule has 0 saturated heterocycles. The molecule has 0 spiro atoms. The van der Waals surface area contributed by atoms with Crippen molar-refractivity contribution in [2.24, 2.45) is 7.05 Å². The van der Waals surface area contributed by atoms with Crippen molar-refractivity contribution in [1.82, 2.24) is 19.3 Å². The number of furan rings is 1. The largest absolute Gasteiger partial charge is 0.457 e. The van der Waals surface area contributed by atoms with Crippen LogP contribution in [0.2, 0.25) is 0 Å². The summed E-state index contributed by atoms with van der Waals surface area (Å²) in [6, 6.07) is 9.42. The second kappa shape index (κ2) is 6.47. The molecule has 0 amide bonds. The van der Waals surface area contributed by atoms with Gasteiger partial charge in [0.25, 0.3) is 5.56 Å². The first kappa shape index (κ1) is 16.1. The Hall–Kier alpha value is -3.42. The van der Waals surface area contributed by atoms with Gasteiger partial charge in [0, 0.05) is 19.0 Å². The fourth-order valence-electron chi connectivity index (χ4n) is 2.77. The number of rotatable bonds is 5. The number of para-hydroxylation sites is 1. The summed E-state index contributed by atoms with van der Waals surface area (Å²) < 4.78 is 13.7. The third-order valence-corrected chi connectivity index (χ3v) is 4.13. The van der Waals surface area contributed by atoms with E-state index in [1.54, 1.807) is 7.05 Å². The molecule has 0 fully saturated rings. The number of aromatic nitrogens is 4. The van der Waals surface area contributed by atoms with E-state index in [4.69, 9.17) is 9.15 Å². The monoisotopic (exact) mass is 352 g/mol. The molecule has 8 nitrogen and oxygen atoms in total. The van der Waals surface area contributed by atoms with E-state index in [2.05, 4.69) is 10.1 Å². The molecule has 4 aromatic rings. The van der Waals surface area contributed by atoms with Crippen molar-refractivity contribution in [3.05, 3.63) is 59.0 Å². The molecule has 0 radical (unpaired) electrons. The first-order valence-electron chi connectivity index (χ1n) is 8.12. The highest BCUT2D eigenvalue weighted by Crippen LogP contribution is 2.19. The van der Waals surface area contributed by atoms with Gasteiger partial charge in [0.2, 0.25) is 0 Å². The number of benzene rings is 1. The Morgan fingerprint density at radius 1 is 1.31 bits per heavy atom. The van der Waals surface area contributed by atoms with E-state index in [-0.39, 0.29) is 25.1 Å². The van der Waals surface area contributed by atoms with Crippen molar-refractivity contribution in [3.63, 3.8) is 0 Å². The maximum absolute atomic E-state index is 12.3. The number of ether oxygens (including phenoxy) is 1. The molecular weight excluding hydrogens is 336 g/mol. The first-order chi connectivity index (χ1) is 12.6. The minimum absolute atomic E-state index is 0.0578. The van der Waals surface area contributed by atoms with Crippen molar-refractivity contribution in [1.29, 1.82) is 0 Å². The number of aryl methyl sites for hydroxylation is 2. The molecule has 0 unspecified atom stereocenters. The minimum Gasteiger partial charge on any atom is -0.457 e. The van der Waals surface area contributed by atoms with Crippen LogP contribution in [0.1, 0.15) is 12.2 Å². The Balaban J connectivity index is 1.38. The minimum atomic E-state index is -0.413. The number of fused-ring (bicyclic) bond motifs is 2. The molecule has 0 bridgehead atoms. The summed E-state index contributed by atoms with van der Waals surface area (Å²) in [6.07, 6.45) is 2.95. The third-order valence-electron chi connectivity index (χ3n) is 4.13. The topological polar surface area (TPSA) is 92.2 Å². The lowest BCUT2D eigenvalue weighted by atomic mass is 10.2. The standard InChI is InChI=1S/C18H16N4O4/c1-21-17-14(9-20-21)18(24)22(11-19-17)7-6-16(23)25-10-13-8-12-4-2-3-5-15(12)26-13/h2-5,8-9,11H,6-7,10H2,1H3. The van der Waals surface area contributed by atoms with Crippen LogP contribution < -0.4 is 5.56 Å². The summed E-state index contributed by atoms with van der Waals surface area (Å²) >= 11 is 0. The highest BCUT2D eigenvalue weighted by Gasteiger charge is 2.11. The summed E-state index contributed by atoms with van der Waals surface area (Å²) in [5, 5.41) is 5.39. The molecule has 3 heterocycles. The molecular formula is C18H16N4O4. The van der Waals surface area contributed by atoms with Crippen LogP contribution in [-0.4, -0.2) is 25.3 Å². The average Bonchev–Trinajstić information content (AvgIpc) is 3.23. The molecule has 26 heavy (non-hydrogen) atoms. The van der Waals surface area contributed by atoms with E-state index in [0.29, 0.717) is 16.8 Å². The zero-order valence-corrected chi connectivity index (χ0v) is 14.1. The van der Waals surface area contributed by atoms with Crippen molar-refractivity contribution >= 4 is 28.0 Å². The lowest BCUT2D eigenvalue weighted by molar-refractivity contribution is -0.145. The van der Waals surface area contributed by atoms with Crippen LogP contribution in [0.4, 0.5) is 0 Å². The van der Waals surface area contributed by atoms with Gasteiger partial charge in [-0.1, -0.05) is 18.2 Å². The molecule has 0 aliphatic rings. The summed E-state index contributed by atoms with van der Waals surface area (Å²) in [5.74, 6) is 0.166.